The van der Waals surface area contributed by atoms with E-state index in [1.54, 1.807) is 0 Å². The first kappa shape index (κ1) is 80.2. The summed E-state index contributed by atoms with van der Waals surface area (Å²) < 4.78 is 11.2. The molecule has 0 aliphatic carbocycles. The molecular weight excluding hydrogens is 1580 g/mol. The van der Waals surface area contributed by atoms with Crippen molar-refractivity contribution in [1.29, 1.82) is 0 Å². The minimum absolute atomic E-state index is 0.972. The van der Waals surface area contributed by atoms with Crippen LogP contribution in [0.4, 0.5) is 0 Å². The number of aryl methyl sites for hydroxylation is 5. The number of pyridine rings is 5. The summed E-state index contributed by atoms with van der Waals surface area (Å²) in [4.78, 5) is 23.1. The Balaban J connectivity index is 0.0000000983. The van der Waals surface area contributed by atoms with Gasteiger partial charge in [0.15, 0.2) is 0 Å². The Labute approximate surface area is 751 Å². The topological polar surface area (TPSA) is 89.1 Å². The summed E-state index contributed by atoms with van der Waals surface area (Å²) >= 11 is 0. The lowest BCUT2D eigenvalue weighted by Gasteiger charge is -2.06. The van der Waals surface area contributed by atoms with Gasteiger partial charge < -0.3 is 22.8 Å². The molecule has 10 aromatic heterocycles. The zero-order valence-corrected chi connectivity index (χ0v) is 72.8. The van der Waals surface area contributed by atoms with E-state index in [0.717, 1.165) is 65.8 Å². The van der Waals surface area contributed by atoms with Crippen LogP contribution in [0.1, 0.15) is 0 Å². The number of aromatic nitrogens is 10. The molecule has 0 atom stereocenters. The summed E-state index contributed by atoms with van der Waals surface area (Å²) in [7, 11) is 10.6. The van der Waals surface area contributed by atoms with Crippen molar-refractivity contribution in [1.82, 2.24) is 47.8 Å². The van der Waals surface area contributed by atoms with E-state index in [4.69, 9.17) is 15.0 Å². The van der Waals surface area contributed by atoms with Crippen LogP contribution in [-0.2, 0) is 35.2 Å². The van der Waals surface area contributed by atoms with Crippen LogP contribution in [0, 0.1) is 0 Å². The molecule has 10 nitrogen and oxygen atoms in total. The molecule has 0 aliphatic rings. The molecule has 10 heterocycles. The monoisotopic (exact) mass is 1670 g/mol. The van der Waals surface area contributed by atoms with E-state index in [-0.39, 0.29) is 0 Å². The molecule has 10 heteroatoms. The van der Waals surface area contributed by atoms with Gasteiger partial charge in [-0.1, -0.05) is 334 Å². The molecule has 0 N–H and O–H groups in total. The molecular formula is C120H90N10. The predicted octanol–water partition coefficient (Wildman–Crippen LogP) is 30.8. The minimum Gasteiger partial charge on any atom is -0.344 e. The van der Waals surface area contributed by atoms with Gasteiger partial charge in [0.05, 0.1) is 39.3 Å². The van der Waals surface area contributed by atoms with Crippen molar-refractivity contribution in [2.45, 2.75) is 0 Å². The quantitative estimate of drug-likeness (QED) is 0.151. The average Bonchev–Trinajstić information content (AvgIpc) is 1.63. The maximum absolute atomic E-state index is 4.77. The van der Waals surface area contributed by atoms with Gasteiger partial charge in [-0.25, -0.2) is 4.98 Å². The zero-order chi connectivity index (χ0) is 87.5. The van der Waals surface area contributed by atoms with Crippen molar-refractivity contribution in [2.24, 2.45) is 35.2 Å². The lowest BCUT2D eigenvalue weighted by molar-refractivity contribution is 0.982. The molecule has 0 saturated heterocycles. The Hall–Kier alpha value is -17.0. The van der Waals surface area contributed by atoms with Crippen molar-refractivity contribution in [3.63, 3.8) is 0 Å². The summed E-state index contributed by atoms with van der Waals surface area (Å²) in [5, 5.41) is 34.2. The highest BCUT2D eigenvalue weighted by Crippen LogP contribution is 2.39. The molecule has 15 aromatic carbocycles. The van der Waals surface area contributed by atoms with Gasteiger partial charge in [-0.2, -0.15) is 0 Å². The lowest BCUT2D eigenvalue weighted by atomic mass is 10.0. The van der Waals surface area contributed by atoms with E-state index in [1.165, 1.54) is 151 Å². The molecule has 130 heavy (non-hydrogen) atoms. The molecule has 0 fully saturated rings. The second-order valence-corrected chi connectivity index (χ2v) is 32.7. The van der Waals surface area contributed by atoms with Crippen LogP contribution < -0.4 is 0 Å². The Morgan fingerprint density at radius 2 is 0.338 bits per heavy atom. The van der Waals surface area contributed by atoms with Crippen molar-refractivity contribution >= 4 is 217 Å². The fourth-order valence-corrected chi connectivity index (χ4v) is 19.5. The van der Waals surface area contributed by atoms with Gasteiger partial charge >= 0.3 is 0 Å². The van der Waals surface area contributed by atoms with E-state index < -0.39 is 0 Å². The van der Waals surface area contributed by atoms with Gasteiger partial charge in [0, 0.05) is 159 Å². The summed E-state index contributed by atoms with van der Waals surface area (Å²) in [5.41, 5.74) is 13.5. The number of benzene rings is 15. The Kier molecular flexibility index (Phi) is 21.7. The van der Waals surface area contributed by atoms with Crippen LogP contribution >= 0.6 is 0 Å². The third-order valence-electron chi connectivity index (χ3n) is 25.6. The van der Waals surface area contributed by atoms with E-state index >= 15 is 0 Å². The first-order valence-electron chi connectivity index (χ1n) is 44.0. The number of nitrogens with zero attached hydrogens (tertiary/aromatic N) is 10. The second-order valence-electron chi connectivity index (χ2n) is 32.7. The number of rotatable bonds is 0. The molecule has 25 rings (SSSR count). The largest absolute Gasteiger partial charge is 0.344 e. The summed E-state index contributed by atoms with van der Waals surface area (Å²) in [6.07, 6.45) is 13.3. The van der Waals surface area contributed by atoms with E-state index in [9.17, 15) is 0 Å². The van der Waals surface area contributed by atoms with Crippen LogP contribution in [-0.4, -0.2) is 47.8 Å². The highest BCUT2D eigenvalue weighted by atomic mass is 15.0. The second kappa shape index (κ2) is 35.2. The number of hydrogen-bond donors (Lipinski definition) is 0. The molecule has 0 unspecified atom stereocenters. The molecule has 0 radical (unpaired) electrons. The van der Waals surface area contributed by atoms with Gasteiger partial charge in [-0.05, 0) is 170 Å². The fourth-order valence-electron chi connectivity index (χ4n) is 19.5. The van der Waals surface area contributed by atoms with Crippen molar-refractivity contribution in [3.8, 4) is 0 Å². The van der Waals surface area contributed by atoms with E-state index in [1.807, 2.05) is 61.6 Å². The standard InChI is InChI=1S/5C24H18N2/c1-26-23-15-7-6-13-21(23)19-11-4-2-9-17(19)18-10-3-5-12-20(18)22-14-8-16-25-24(22)26;1-26-23-13-7-6-12-21(23)19-10-4-2-8-17(19)18-9-3-5-11-20(18)22-16-25-15-14-24(22)26;1-26-23-13-7-6-12-21(23)19-10-4-2-8-17(19)18-9-3-5-11-20(18)22-14-15-25-16-24(22)26;1-26-22-14-6-4-11-19(22)17-9-2-3-10-18(17)20-13-8-16-25-24(20)21-12-5-7-15-23(21)26;1-26-22-14-7-6-12-20(22)18-10-3-2-9-17(18)19-11-4-5-13-21(19)24-23(26)15-8-16-25-24/h5*2-16H,1H3. The molecule has 25 aromatic rings. The van der Waals surface area contributed by atoms with E-state index in [2.05, 4.69) is 462 Å². The number of hydrogen-bond acceptors (Lipinski definition) is 5. The number of para-hydroxylation sites is 6. The maximum atomic E-state index is 4.77. The van der Waals surface area contributed by atoms with Gasteiger partial charge in [-0.3, -0.25) is 19.9 Å². The van der Waals surface area contributed by atoms with Gasteiger partial charge in [0.2, 0.25) is 0 Å². The zero-order valence-electron chi connectivity index (χ0n) is 72.8. The molecule has 0 saturated carbocycles. The molecule has 0 spiro atoms. The van der Waals surface area contributed by atoms with Crippen LogP contribution in [0.3, 0.4) is 0 Å². The van der Waals surface area contributed by atoms with Crippen molar-refractivity contribution in [3.05, 3.63) is 456 Å². The van der Waals surface area contributed by atoms with E-state index in [0.29, 0.717) is 0 Å². The summed E-state index contributed by atoms with van der Waals surface area (Å²) in [6, 6.07) is 146. The van der Waals surface area contributed by atoms with Gasteiger partial charge in [-0.15, -0.1) is 0 Å². The first-order valence-corrected chi connectivity index (χ1v) is 44.0. The highest BCUT2D eigenvalue weighted by molar-refractivity contribution is 6.24. The van der Waals surface area contributed by atoms with Crippen LogP contribution in [0.25, 0.3) is 217 Å². The first-order chi connectivity index (χ1) is 64.2. The van der Waals surface area contributed by atoms with Crippen LogP contribution in [0.15, 0.2) is 456 Å². The Morgan fingerprint density at radius 1 is 0.131 bits per heavy atom. The van der Waals surface area contributed by atoms with Crippen molar-refractivity contribution in [2.75, 3.05) is 0 Å². The van der Waals surface area contributed by atoms with Crippen molar-refractivity contribution < 1.29 is 0 Å². The van der Waals surface area contributed by atoms with Gasteiger partial charge in [0.25, 0.3) is 0 Å². The molecule has 0 aliphatic heterocycles. The summed E-state index contributed by atoms with van der Waals surface area (Å²) in [5.74, 6) is 0. The van der Waals surface area contributed by atoms with Crippen LogP contribution in [0.5, 0.6) is 0 Å². The molecule has 0 bridgehead atoms. The third-order valence-corrected chi connectivity index (χ3v) is 25.6. The normalized spacial score (nSPS) is 11.3. The average molecular weight is 1670 g/mol. The summed E-state index contributed by atoms with van der Waals surface area (Å²) in [6.45, 7) is 0. The molecule has 620 valence electrons. The maximum Gasteiger partial charge on any atom is 0.140 e. The highest BCUT2D eigenvalue weighted by Gasteiger charge is 2.15. The Bertz CT molecular complexity index is 7440. The lowest BCUT2D eigenvalue weighted by Crippen LogP contribution is -1.94. The molecule has 0 amide bonds. The van der Waals surface area contributed by atoms with Crippen LogP contribution in [0.2, 0.25) is 0 Å². The van der Waals surface area contributed by atoms with Gasteiger partial charge in [0.1, 0.15) is 5.65 Å². The minimum atomic E-state index is 0.972. The Morgan fingerprint density at radius 3 is 0.723 bits per heavy atom. The smallest absolute Gasteiger partial charge is 0.140 e. The number of fused-ring (bicyclic) bond motifs is 35. The SMILES string of the molecule is Cn1c2ccccc2c2ccccc2c2ccccc2c2cccnc21.Cn1c2ccccc2c2ccccc2c2ccccc2c2ccncc21.Cn1c2ccccc2c2ccccc2c2ccccc2c2cnccc21.Cn1c2ccccc2c2ccccc2c2ccccc2c2ncccc21.Cn1c2ccccc2c2ccccc2c2cccnc2c2ccccc21. The third kappa shape index (κ3) is 14.6. The predicted molar refractivity (Wildman–Crippen MR) is 554 cm³/mol. The fraction of sp³-hybridized carbons (Fsp3) is 0.0417.